The van der Waals surface area contributed by atoms with E-state index < -0.39 is 0 Å². The summed E-state index contributed by atoms with van der Waals surface area (Å²) in [5.74, 6) is 0.703. The van der Waals surface area contributed by atoms with Crippen molar-refractivity contribution in [2.24, 2.45) is 5.73 Å². The molecule has 1 aliphatic rings. The van der Waals surface area contributed by atoms with Crippen LogP contribution in [0.3, 0.4) is 0 Å². The maximum atomic E-state index is 5.53. The van der Waals surface area contributed by atoms with Crippen LogP contribution in [0.1, 0.15) is 30.0 Å². The molecule has 3 nitrogen and oxygen atoms in total. The van der Waals surface area contributed by atoms with Gasteiger partial charge in [-0.25, -0.2) is 9.97 Å². The third-order valence-electron chi connectivity index (χ3n) is 2.04. The van der Waals surface area contributed by atoms with E-state index in [1.54, 1.807) is 6.33 Å². The van der Waals surface area contributed by atoms with Gasteiger partial charge < -0.3 is 5.73 Å². The maximum absolute atomic E-state index is 5.53. The first-order valence-electron chi connectivity index (χ1n) is 3.90. The van der Waals surface area contributed by atoms with Gasteiger partial charge in [-0.15, -0.1) is 12.4 Å². The first-order valence-corrected chi connectivity index (χ1v) is 3.90. The average molecular weight is 186 g/mol. The summed E-state index contributed by atoms with van der Waals surface area (Å²) in [4.78, 5) is 8.11. The Kier molecular flexibility index (Phi) is 3.00. The van der Waals surface area contributed by atoms with E-state index in [-0.39, 0.29) is 12.4 Å². The molecule has 1 aliphatic carbocycles. The Labute approximate surface area is 77.8 Å². The molecule has 0 radical (unpaired) electrons. The predicted octanol–water partition coefficient (Wildman–Crippen LogP) is 1.23. The molecule has 0 aromatic carbocycles. The highest BCUT2D eigenvalue weighted by molar-refractivity contribution is 5.85. The highest BCUT2D eigenvalue weighted by atomic mass is 35.5. The fraction of sp³-hybridized carbons (Fsp3) is 0.500. The molecule has 0 spiro atoms. The van der Waals surface area contributed by atoms with Crippen molar-refractivity contribution in [1.82, 2.24) is 9.97 Å². The summed E-state index contributed by atoms with van der Waals surface area (Å²) < 4.78 is 0. The van der Waals surface area contributed by atoms with E-state index in [9.17, 15) is 0 Å². The second kappa shape index (κ2) is 3.83. The minimum absolute atomic E-state index is 0. The Morgan fingerprint density at radius 3 is 2.83 bits per heavy atom. The zero-order valence-electron chi connectivity index (χ0n) is 6.73. The van der Waals surface area contributed by atoms with Crippen molar-refractivity contribution in [3.63, 3.8) is 0 Å². The van der Waals surface area contributed by atoms with Crippen LogP contribution in [0.2, 0.25) is 0 Å². The van der Waals surface area contributed by atoms with Gasteiger partial charge in [-0.2, -0.15) is 0 Å². The van der Waals surface area contributed by atoms with Gasteiger partial charge in [-0.05, 0) is 24.3 Å². The molecule has 0 atom stereocenters. The summed E-state index contributed by atoms with van der Waals surface area (Å²) in [5, 5.41) is 0. The molecule has 66 valence electrons. The van der Waals surface area contributed by atoms with Crippen molar-refractivity contribution in [2.75, 3.05) is 0 Å². The fourth-order valence-corrected chi connectivity index (χ4v) is 1.27. The van der Waals surface area contributed by atoms with Crippen LogP contribution in [0.15, 0.2) is 12.5 Å². The Morgan fingerprint density at radius 2 is 2.25 bits per heavy atom. The fourth-order valence-electron chi connectivity index (χ4n) is 1.27. The summed E-state index contributed by atoms with van der Waals surface area (Å²) in [6, 6.07) is 0. The Hall–Kier alpha value is -0.670. The standard InChI is InChI=1S/C8H11N3.ClH/c9-3-8-7(6-1-2-6)4-10-5-11-8;/h4-6H,1-3,9H2;1H. The van der Waals surface area contributed by atoms with Crippen LogP contribution in [0.25, 0.3) is 0 Å². The molecule has 1 aromatic heterocycles. The van der Waals surface area contributed by atoms with Gasteiger partial charge in [0.15, 0.2) is 0 Å². The van der Waals surface area contributed by atoms with Gasteiger partial charge in [0, 0.05) is 12.7 Å². The predicted molar refractivity (Wildman–Crippen MR) is 49.1 cm³/mol. The molecule has 2 N–H and O–H groups in total. The van der Waals surface area contributed by atoms with Gasteiger partial charge in [0.2, 0.25) is 0 Å². The lowest BCUT2D eigenvalue weighted by molar-refractivity contribution is 0.902. The lowest BCUT2D eigenvalue weighted by Crippen LogP contribution is -2.04. The molecule has 0 saturated heterocycles. The SMILES string of the molecule is Cl.NCc1ncncc1C1CC1. The molecule has 1 aromatic rings. The van der Waals surface area contributed by atoms with Crippen molar-refractivity contribution >= 4 is 12.4 Å². The van der Waals surface area contributed by atoms with Crippen molar-refractivity contribution in [1.29, 1.82) is 0 Å². The summed E-state index contributed by atoms with van der Waals surface area (Å²) in [5.41, 5.74) is 7.80. The van der Waals surface area contributed by atoms with Gasteiger partial charge in [0.05, 0.1) is 5.69 Å². The van der Waals surface area contributed by atoms with Crippen LogP contribution in [0, 0.1) is 0 Å². The summed E-state index contributed by atoms with van der Waals surface area (Å²) in [6.07, 6.45) is 6.02. The number of halogens is 1. The van der Waals surface area contributed by atoms with Gasteiger partial charge >= 0.3 is 0 Å². The van der Waals surface area contributed by atoms with Crippen molar-refractivity contribution in [3.8, 4) is 0 Å². The van der Waals surface area contributed by atoms with Crippen LogP contribution >= 0.6 is 12.4 Å². The molecule has 2 rings (SSSR count). The largest absolute Gasteiger partial charge is 0.325 e. The molecule has 12 heavy (non-hydrogen) atoms. The Morgan fingerprint density at radius 1 is 1.50 bits per heavy atom. The summed E-state index contributed by atoms with van der Waals surface area (Å²) in [7, 11) is 0. The molecule has 4 heteroatoms. The van der Waals surface area contributed by atoms with Crippen LogP contribution < -0.4 is 5.73 Å². The van der Waals surface area contributed by atoms with E-state index in [1.165, 1.54) is 18.4 Å². The smallest absolute Gasteiger partial charge is 0.115 e. The normalized spacial score (nSPS) is 15.4. The van der Waals surface area contributed by atoms with Crippen molar-refractivity contribution in [3.05, 3.63) is 23.8 Å². The molecule has 1 saturated carbocycles. The average Bonchev–Trinajstić information content (AvgIpc) is 2.87. The molecule has 0 amide bonds. The summed E-state index contributed by atoms with van der Waals surface area (Å²) >= 11 is 0. The number of rotatable bonds is 2. The van der Waals surface area contributed by atoms with Crippen molar-refractivity contribution in [2.45, 2.75) is 25.3 Å². The van der Waals surface area contributed by atoms with Gasteiger partial charge in [-0.1, -0.05) is 0 Å². The highest BCUT2D eigenvalue weighted by Gasteiger charge is 2.26. The number of aromatic nitrogens is 2. The number of nitrogens with two attached hydrogens (primary N) is 1. The lowest BCUT2D eigenvalue weighted by Gasteiger charge is -2.01. The quantitative estimate of drug-likeness (QED) is 0.754. The Balaban J connectivity index is 0.000000720. The first-order chi connectivity index (χ1) is 5.42. The molecule has 0 unspecified atom stereocenters. The van der Waals surface area contributed by atoms with Gasteiger partial charge in [0.1, 0.15) is 6.33 Å². The highest BCUT2D eigenvalue weighted by Crippen LogP contribution is 2.40. The van der Waals surface area contributed by atoms with E-state index in [2.05, 4.69) is 9.97 Å². The molecule has 1 fully saturated rings. The second-order valence-electron chi connectivity index (χ2n) is 2.90. The third kappa shape index (κ3) is 1.73. The number of hydrogen-bond acceptors (Lipinski definition) is 3. The van der Waals surface area contributed by atoms with Crippen LogP contribution in [-0.2, 0) is 6.54 Å². The lowest BCUT2D eigenvalue weighted by atomic mass is 10.1. The number of hydrogen-bond donors (Lipinski definition) is 1. The maximum Gasteiger partial charge on any atom is 0.115 e. The van der Waals surface area contributed by atoms with Crippen LogP contribution in [0.5, 0.6) is 0 Å². The molecular weight excluding hydrogens is 174 g/mol. The van der Waals surface area contributed by atoms with Gasteiger partial charge in [0.25, 0.3) is 0 Å². The topological polar surface area (TPSA) is 51.8 Å². The third-order valence-corrected chi connectivity index (χ3v) is 2.04. The molecule has 1 heterocycles. The van der Waals surface area contributed by atoms with E-state index in [4.69, 9.17) is 5.73 Å². The van der Waals surface area contributed by atoms with Crippen molar-refractivity contribution < 1.29 is 0 Å². The van der Waals surface area contributed by atoms with E-state index in [1.807, 2.05) is 6.20 Å². The first kappa shape index (κ1) is 9.42. The second-order valence-corrected chi connectivity index (χ2v) is 2.90. The minimum atomic E-state index is 0. The monoisotopic (exact) mass is 185 g/mol. The molecule has 0 bridgehead atoms. The zero-order chi connectivity index (χ0) is 7.68. The van der Waals surface area contributed by atoms with E-state index in [0.717, 1.165) is 5.69 Å². The molecular formula is C8H12ClN3. The number of nitrogens with zero attached hydrogens (tertiary/aromatic N) is 2. The van der Waals surface area contributed by atoms with Crippen LogP contribution in [-0.4, -0.2) is 9.97 Å². The van der Waals surface area contributed by atoms with E-state index in [0.29, 0.717) is 12.5 Å². The van der Waals surface area contributed by atoms with Crippen LogP contribution in [0.4, 0.5) is 0 Å². The Bertz CT molecular complexity index is 260. The minimum Gasteiger partial charge on any atom is -0.325 e. The summed E-state index contributed by atoms with van der Waals surface area (Å²) in [6.45, 7) is 0.536. The van der Waals surface area contributed by atoms with Gasteiger partial charge in [-0.3, -0.25) is 0 Å². The van der Waals surface area contributed by atoms with E-state index >= 15 is 0 Å². The molecule has 0 aliphatic heterocycles. The zero-order valence-corrected chi connectivity index (χ0v) is 7.55.